The van der Waals surface area contributed by atoms with E-state index in [1.807, 2.05) is 18.2 Å². The second-order valence-corrected chi connectivity index (χ2v) is 7.06. The summed E-state index contributed by atoms with van der Waals surface area (Å²) >= 11 is 0. The number of hydrogen-bond donors (Lipinski definition) is 3. The van der Waals surface area contributed by atoms with E-state index in [4.69, 9.17) is 0 Å². The van der Waals surface area contributed by atoms with Crippen molar-refractivity contribution in [2.24, 2.45) is 4.99 Å². The number of likely N-dealkylation sites (tertiary alicyclic amines) is 1. The summed E-state index contributed by atoms with van der Waals surface area (Å²) in [5.41, 5.74) is 1.23. The molecule has 6 heteroatoms. The van der Waals surface area contributed by atoms with E-state index in [0.29, 0.717) is 24.6 Å². The average Bonchev–Trinajstić information content (AvgIpc) is 2.66. The second-order valence-electron chi connectivity index (χ2n) is 7.06. The van der Waals surface area contributed by atoms with Gasteiger partial charge >= 0.3 is 0 Å². The third-order valence-electron chi connectivity index (χ3n) is 4.82. The van der Waals surface area contributed by atoms with E-state index < -0.39 is 0 Å². The largest absolute Gasteiger partial charge is 0.354 e. The van der Waals surface area contributed by atoms with Gasteiger partial charge in [-0.25, -0.2) is 0 Å². The minimum absolute atomic E-state index is 0.0153. The van der Waals surface area contributed by atoms with E-state index in [0.717, 1.165) is 32.4 Å². The van der Waals surface area contributed by atoms with Crippen LogP contribution >= 0.6 is 0 Å². The molecule has 1 saturated heterocycles. The molecular formula is C20H33N5O. The van der Waals surface area contributed by atoms with E-state index in [9.17, 15) is 4.79 Å². The Labute approximate surface area is 157 Å². The lowest BCUT2D eigenvalue weighted by atomic mass is 10.0. The zero-order valence-corrected chi connectivity index (χ0v) is 16.3. The smallest absolute Gasteiger partial charge is 0.239 e. The molecule has 1 aliphatic rings. The van der Waals surface area contributed by atoms with Crippen molar-refractivity contribution in [3.63, 3.8) is 0 Å². The molecule has 6 nitrogen and oxygen atoms in total. The molecule has 0 saturated carbocycles. The van der Waals surface area contributed by atoms with E-state index in [2.05, 4.69) is 51.8 Å². The first-order chi connectivity index (χ1) is 12.6. The molecule has 3 N–H and O–H groups in total. The summed E-state index contributed by atoms with van der Waals surface area (Å²) in [6.45, 7) is 7.57. The summed E-state index contributed by atoms with van der Waals surface area (Å²) in [7, 11) is 1.74. The van der Waals surface area contributed by atoms with Crippen molar-refractivity contribution >= 4 is 11.9 Å². The molecular weight excluding hydrogens is 326 g/mol. The Morgan fingerprint density at radius 3 is 2.50 bits per heavy atom. The van der Waals surface area contributed by atoms with Gasteiger partial charge in [-0.3, -0.25) is 9.79 Å². The monoisotopic (exact) mass is 359 g/mol. The fraction of sp³-hybridized carbons (Fsp3) is 0.600. The fourth-order valence-corrected chi connectivity index (χ4v) is 3.17. The molecule has 0 bridgehead atoms. The highest BCUT2D eigenvalue weighted by molar-refractivity contribution is 5.86. The van der Waals surface area contributed by atoms with Crippen LogP contribution in [-0.4, -0.2) is 62.1 Å². The zero-order chi connectivity index (χ0) is 18.8. The minimum Gasteiger partial charge on any atom is -0.354 e. The van der Waals surface area contributed by atoms with Crippen molar-refractivity contribution in [3.05, 3.63) is 35.9 Å². The molecule has 1 heterocycles. The van der Waals surface area contributed by atoms with E-state index in [1.165, 1.54) is 5.56 Å². The number of nitrogens with zero attached hydrogens (tertiary/aromatic N) is 2. The number of rotatable bonds is 7. The summed E-state index contributed by atoms with van der Waals surface area (Å²) < 4.78 is 0. The molecule has 2 rings (SSSR count). The van der Waals surface area contributed by atoms with Gasteiger partial charge in [-0.05, 0) is 38.7 Å². The van der Waals surface area contributed by atoms with Gasteiger partial charge in [0.05, 0.1) is 6.54 Å². The normalized spacial score (nSPS) is 16.5. The number of carbonyl (C=O) groups is 1. The molecule has 0 radical (unpaired) electrons. The van der Waals surface area contributed by atoms with Crippen LogP contribution in [0.25, 0.3) is 0 Å². The van der Waals surface area contributed by atoms with Gasteiger partial charge in [0, 0.05) is 38.8 Å². The summed E-state index contributed by atoms with van der Waals surface area (Å²) in [5.74, 6) is 0.685. The maximum atomic E-state index is 12.0. The second kappa shape index (κ2) is 10.8. The van der Waals surface area contributed by atoms with Gasteiger partial charge in [-0.2, -0.15) is 0 Å². The summed E-state index contributed by atoms with van der Waals surface area (Å²) in [4.78, 5) is 18.7. The number of hydrogen-bond acceptors (Lipinski definition) is 3. The maximum absolute atomic E-state index is 12.0. The van der Waals surface area contributed by atoms with Gasteiger partial charge in [-0.1, -0.05) is 30.3 Å². The van der Waals surface area contributed by atoms with E-state index in [1.54, 1.807) is 7.05 Å². The van der Waals surface area contributed by atoms with Crippen molar-refractivity contribution in [1.82, 2.24) is 20.9 Å². The quantitative estimate of drug-likeness (QED) is 0.508. The van der Waals surface area contributed by atoms with Crippen molar-refractivity contribution < 1.29 is 4.79 Å². The lowest BCUT2D eigenvalue weighted by Gasteiger charge is -2.35. The minimum atomic E-state index is -0.0153. The molecule has 0 aromatic heterocycles. The highest BCUT2D eigenvalue weighted by atomic mass is 16.1. The van der Waals surface area contributed by atoms with Crippen molar-refractivity contribution in [1.29, 1.82) is 0 Å². The van der Waals surface area contributed by atoms with Gasteiger partial charge in [0.1, 0.15) is 0 Å². The standard InChI is InChI=1S/C20H33N5O/c1-16(2)25-13-10-18(11-14-25)24-20(21-3)23-15-19(26)22-12-9-17-7-5-4-6-8-17/h4-8,16,18H,9-15H2,1-3H3,(H,22,26)(H2,21,23,24). The van der Waals surface area contributed by atoms with Gasteiger partial charge in [0.2, 0.25) is 5.91 Å². The van der Waals surface area contributed by atoms with Crippen LogP contribution in [0.15, 0.2) is 35.3 Å². The molecule has 1 aromatic carbocycles. The molecule has 0 aliphatic carbocycles. The molecule has 0 spiro atoms. The number of guanidine groups is 1. The Bertz CT molecular complexity index is 565. The Kier molecular flexibility index (Phi) is 8.41. The third kappa shape index (κ3) is 7.04. The predicted molar refractivity (Wildman–Crippen MR) is 107 cm³/mol. The topological polar surface area (TPSA) is 68.8 Å². The highest BCUT2D eigenvalue weighted by Gasteiger charge is 2.21. The van der Waals surface area contributed by atoms with Crippen LogP contribution in [-0.2, 0) is 11.2 Å². The van der Waals surface area contributed by atoms with E-state index in [-0.39, 0.29) is 12.5 Å². The third-order valence-corrected chi connectivity index (χ3v) is 4.82. The SMILES string of the molecule is CN=C(NCC(=O)NCCc1ccccc1)NC1CCN(C(C)C)CC1. The molecule has 1 fully saturated rings. The van der Waals surface area contributed by atoms with Crippen LogP contribution in [0.3, 0.4) is 0 Å². The Balaban J connectivity index is 1.63. The fourth-order valence-electron chi connectivity index (χ4n) is 3.17. The Hall–Kier alpha value is -2.08. The number of nitrogens with one attached hydrogen (secondary N) is 3. The van der Waals surface area contributed by atoms with Crippen molar-refractivity contribution in [3.8, 4) is 0 Å². The first-order valence-corrected chi connectivity index (χ1v) is 9.60. The van der Waals surface area contributed by atoms with Gasteiger partial charge in [-0.15, -0.1) is 0 Å². The van der Waals surface area contributed by atoms with Crippen LogP contribution in [0.2, 0.25) is 0 Å². The van der Waals surface area contributed by atoms with Crippen molar-refractivity contribution in [2.45, 2.75) is 45.2 Å². The number of carbonyl (C=O) groups excluding carboxylic acids is 1. The molecule has 1 aromatic rings. The number of aliphatic imine (C=N–C) groups is 1. The van der Waals surface area contributed by atoms with Crippen molar-refractivity contribution in [2.75, 3.05) is 33.2 Å². The van der Waals surface area contributed by atoms with Gasteiger partial charge < -0.3 is 20.9 Å². The predicted octanol–water partition coefficient (Wildman–Crippen LogP) is 1.38. The number of amides is 1. The molecule has 0 unspecified atom stereocenters. The molecule has 1 aliphatic heterocycles. The Morgan fingerprint density at radius 2 is 1.88 bits per heavy atom. The summed E-state index contributed by atoms with van der Waals surface area (Å²) in [6.07, 6.45) is 3.04. The molecule has 144 valence electrons. The zero-order valence-electron chi connectivity index (χ0n) is 16.3. The van der Waals surface area contributed by atoms with E-state index >= 15 is 0 Å². The van der Waals surface area contributed by atoms with Crippen LogP contribution in [0.5, 0.6) is 0 Å². The number of benzene rings is 1. The summed E-state index contributed by atoms with van der Waals surface area (Å²) in [5, 5.41) is 9.49. The first kappa shape index (κ1) is 20.2. The molecule has 0 atom stereocenters. The van der Waals surface area contributed by atoms with Crippen LogP contribution in [0, 0.1) is 0 Å². The van der Waals surface area contributed by atoms with Crippen LogP contribution < -0.4 is 16.0 Å². The van der Waals surface area contributed by atoms with Gasteiger partial charge in [0.25, 0.3) is 0 Å². The van der Waals surface area contributed by atoms with Gasteiger partial charge in [0.15, 0.2) is 5.96 Å². The highest BCUT2D eigenvalue weighted by Crippen LogP contribution is 2.12. The Morgan fingerprint density at radius 1 is 1.19 bits per heavy atom. The lowest BCUT2D eigenvalue weighted by molar-refractivity contribution is -0.119. The first-order valence-electron chi connectivity index (χ1n) is 9.60. The maximum Gasteiger partial charge on any atom is 0.239 e. The molecule has 1 amide bonds. The van der Waals surface area contributed by atoms with Crippen LogP contribution in [0.1, 0.15) is 32.3 Å². The number of piperidine rings is 1. The summed E-state index contributed by atoms with van der Waals surface area (Å²) in [6, 6.07) is 11.2. The molecule has 26 heavy (non-hydrogen) atoms. The van der Waals surface area contributed by atoms with Crippen LogP contribution in [0.4, 0.5) is 0 Å². The lowest BCUT2D eigenvalue weighted by Crippen LogP contribution is -2.51. The average molecular weight is 360 g/mol.